The first-order chi connectivity index (χ1) is 12.3. The number of nitrogens with one attached hydrogen (secondary N) is 1. The van der Waals surface area contributed by atoms with Crippen LogP contribution in [0.1, 0.15) is 30.5 Å². The lowest BCUT2D eigenvalue weighted by Crippen LogP contribution is -2.31. The summed E-state index contributed by atoms with van der Waals surface area (Å²) in [5.41, 5.74) is 1.77. The second-order valence-corrected chi connectivity index (χ2v) is 8.04. The second kappa shape index (κ2) is 8.93. The van der Waals surface area contributed by atoms with E-state index < -0.39 is 21.9 Å². The molecule has 0 bridgehead atoms. The van der Waals surface area contributed by atoms with E-state index in [1.165, 1.54) is 12.1 Å². The first-order valence-corrected chi connectivity index (χ1v) is 10.3. The molecule has 26 heavy (non-hydrogen) atoms. The van der Waals surface area contributed by atoms with Gasteiger partial charge in [0, 0.05) is 6.42 Å². The zero-order valence-corrected chi connectivity index (χ0v) is 15.8. The second-order valence-electron chi connectivity index (χ2n) is 5.70. The molecule has 0 aliphatic carbocycles. The highest BCUT2D eigenvalue weighted by atomic mass is 32.2. The van der Waals surface area contributed by atoms with Crippen molar-refractivity contribution in [1.29, 1.82) is 0 Å². The topological polar surface area (TPSA) is 116 Å². The Kier molecular flexibility index (Phi) is 6.90. The molecule has 3 N–H and O–H groups in total. The van der Waals surface area contributed by atoms with Gasteiger partial charge in [0.15, 0.2) is 6.61 Å². The Balaban J connectivity index is 1.77. The highest BCUT2D eigenvalue weighted by molar-refractivity contribution is 7.89. The van der Waals surface area contributed by atoms with Gasteiger partial charge < -0.3 is 10.1 Å². The van der Waals surface area contributed by atoms with Crippen molar-refractivity contribution in [2.24, 2.45) is 5.14 Å². The lowest BCUT2D eigenvalue weighted by molar-refractivity contribution is -0.148. The Morgan fingerprint density at radius 1 is 1.23 bits per heavy atom. The van der Waals surface area contributed by atoms with Crippen LogP contribution in [0.15, 0.2) is 46.0 Å². The maximum atomic E-state index is 11.9. The Hall–Kier alpha value is -2.23. The maximum Gasteiger partial charge on any atom is 0.306 e. The largest absolute Gasteiger partial charge is 0.456 e. The molecule has 1 heterocycles. The fraction of sp³-hybridized carbons (Fsp3) is 0.294. The number of thiophene rings is 1. The standard InChI is InChI=1S/C17H20N2O5S2/c1-12(14-3-5-15(6-4-14)26(18,22)23)19-16(20)10-24-17(21)7-2-13-8-9-25-11-13/h3-6,8-9,11-12H,2,7,10H2,1H3,(H,19,20)(H2,18,22,23)/t12-/m1/s1. The van der Waals surface area contributed by atoms with E-state index in [0.29, 0.717) is 12.0 Å². The van der Waals surface area contributed by atoms with Crippen molar-refractivity contribution in [3.8, 4) is 0 Å². The van der Waals surface area contributed by atoms with Gasteiger partial charge in [-0.1, -0.05) is 12.1 Å². The van der Waals surface area contributed by atoms with Crippen LogP contribution in [0.25, 0.3) is 0 Å². The Bertz CT molecular complexity index is 846. The number of aryl methyl sites for hydroxylation is 1. The fourth-order valence-electron chi connectivity index (χ4n) is 2.21. The minimum Gasteiger partial charge on any atom is -0.456 e. The van der Waals surface area contributed by atoms with E-state index in [4.69, 9.17) is 9.88 Å². The first-order valence-electron chi connectivity index (χ1n) is 7.84. The Morgan fingerprint density at radius 3 is 2.50 bits per heavy atom. The first kappa shape index (κ1) is 20.1. The molecule has 2 rings (SSSR count). The van der Waals surface area contributed by atoms with Crippen molar-refractivity contribution >= 4 is 33.2 Å². The van der Waals surface area contributed by atoms with Gasteiger partial charge in [-0.2, -0.15) is 11.3 Å². The monoisotopic (exact) mass is 396 g/mol. The molecule has 1 atom stereocenters. The van der Waals surface area contributed by atoms with Crippen LogP contribution in [0.5, 0.6) is 0 Å². The molecule has 140 valence electrons. The quantitative estimate of drug-likeness (QED) is 0.660. The average Bonchev–Trinajstić information content (AvgIpc) is 3.11. The number of rotatable bonds is 8. The molecule has 0 saturated heterocycles. The molecular formula is C17H20N2O5S2. The number of amides is 1. The van der Waals surface area contributed by atoms with Crippen LogP contribution < -0.4 is 10.5 Å². The van der Waals surface area contributed by atoms with E-state index in [1.54, 1.807) is 30.4 Å². The number of hydrogen-bond acceptors (Lipinski definition) is 6. The van der Waals surface area contributed by atoms with Crippen molar-refractivity contribution < 1.29 is 22.7 Å². The highest BCUT2D eigenvalue weighted by Gasteiger charge is 2.13. The van der Waals surface area contributed by atoms with Gasteiger partial charge in [-0.3, -0.25) is 9.59 Å². The third kappa shape index (κ3) is 6.25. The van der Waals surface area contributed by atoms with Crippen LogP contribution in [0.4, 0.5) is 0 Å². The molecule has 0 spiro atoms. The molecule has 0 radical (unpaired) electrons. The van der Waals surface area contributed by atoms with Gasteiger partial charge in [-0.15, -0.1) is 0 Å². The molecule has 1 aromatic heterocycles. The summed E-state index contributed by atoms with van der Waals surface area (Å²) in [5, 5.41) is 11.6. The zero-order valence-electron chi connectivity index (χ0n) is 14.2. The Labute approximate surface area is 156 Å². The summed E-state index contributed by atoms with van der Waals surface area (Å²) in [5.74, 6) is -0.867. The van der Waals surface area contributed by atoms with Crippen LogP contribution in [0.3, 0.4) is 0 Å². The third-order valence-corrected chi connectivity index (χ3v) is 5.31. The zero-order chi connectivity index (χ0) is 19.2. The predicted molar refractivity (Wildman–Crippen MR) is 98.0 cm³/mol. The van der Waals surface area contributed by atoms with E-state index in [-0.39, 0.29) is 24.0 Å². The van der Waals surface area contributed by atoms with Gasteiger partial charge in [0.1, 0.15) is 0 Å². The molecule has 0 aliphatic heterocycles. The van der Waals surface area contributed by atoms with Crippen LogP contribution in [0, 0.1) is 0 Å². The number of hydrogen-bond donors (Lipinski definition) is 2. The van der Waals surface area contributed by atoms with Gasteiger partial charge in [0.05, 0.1) is 10.9 Å². The van der Waals surface area contributed by atoms with Crippen LogP contribution in [0.2, 0.25) is 0 Å². The number of carbonyl (C=O) groups is 2. The lowest BCUT2D eigenvalue weighted by atomic mass is 10.1. The summed E-state index contributed by atoms with van der Waals surface area (Å²) < 4.78 is 27.4. The fourth-order valence-corrected chi connectivity index (χ4v) is 3.43. The summed E-state index contributed by atoms with van der Waals surface area (Å²) in [6.07, 6.45) is 0.797. The molecule has 2 aromatic rings. The molecular weight excluding hydrogens is 376 g/mol. The van der Waals surface area contributed by atoms with Crippen LogP contribution >= 0.6 is 11.3 Å². The number of esters is 1. The molecule has 0 fully saturated rings. The summed E-state index contributed by atoms with van der Waals surface area (Å²) >= 11 is 1.56. The average molecular weight is 396 g/mol. The normalized spacial score (nSPS) is 12.4. The highest BCUT2D eigenvalue weighted by Crippen LogP contribution is 2.15. The molecule has 7 nitrogen and oxygen atoms in total. The third-order valence-electron chi connectivity index (χ3n) is 3.65. The number of carbonyl (C=O) groups excluding carboxylic acids is 2. The maximum absolute atomic E-state index is 11.9. The summed E-state index contributed by atoms with van der Waals surface area (Å²) in [6.45, 7) is 1.38. The number of sulfonamides is 1. The number of primary sulfonamides is 1. The molecule has 0 aliphatic rings. The molecule has 0 saturated carbocycles. The summed E-state index contributed by atoms with van der Waals surface area (Å²) in [7, 11) is -3.75. The van der Waals surface area contributed by atoms with Crippen LogP contribution in [-0.2, 0) is 30.8 Å². The van der Waals surface area contributed by atoms with E-state index in [1.807, 2.05) is 16.8 Å². The van der Waals surface area contributed by atoms with E-state index >= 15 is 0 Å². The van der Waals surface area contributed by atoms with E-state index in [2.05, 4.69) is 5.32 Å². The van der Waals surface area contributed by atoms with Crippen molar-refractivity contribution in [3.05, 3.63) is 52.2 Å². The van der Waals surface area contributed by atoms with Gasteiger partial charge in [0.25, 0.3) is 5.91 Å². The summed E-state index contributed by atoms with van der Waals surface area (Å²) in [6, 6.07) is 7.44. The minimum atomic E-state index is -3.75. The lowest BCUT2D eigenvalue weighted by Gasteiger charge is -2.14. The van der Waals surface area contributed by atoms with E-state index in [0.717, 1.165) is 5.56 Å². The van der Waals surface area contributed by atoms with Gasteiger partial charge >= 0.3 is 5.97 Å². The smallest absolute Gasteiger partial charge is 0.306 e. The molecule has 0 unspecified atom stereocenters. The minimum absolute atomic E-state index is 0.000621. The van der Waals surface area contributed by atoms with E-state index in [9.17, 15) is 18.0 Å². The van der Waals surface area contributed by atoms with Crippen molar-refractivity contribution in [1.82, 2.24) is 5.32 Å². The molecule has 9 heteroatoms. The van der Waals surface area contributed by atoms with Gasteiger partial charge in [-0.05, 0) is 53.4 Å². The molecule has 1 aromatic carbocycles. The number of ether oxygens (including phenoxy) is 1. The van der Waals surface area contributed by atoms with Crippen LogP contribution in [-0.4, -0.2) is 26.9 Å². The number of benzene rings is 1. The van der Waals surface area contributed by atoms with Crippen molar-refractivity contribution in [2.75, 3.05) is 6.61 Å². The predicted octanol–water partition coefficient (Wildman–Crippen LogP) is 1.75. The van der Waals surface area contributed by atoms with Crippen molar-refractivity contribution in [2.45, 2.75) is 30.7 Å². The SMILES string of the molecule is C[C@@H](NC(=O)COC(=O)CCc1ccsc1)c1ccc(S(N)(=O)=O)cc1. The Morgan fingerprint density at radius 2 is 1.92 bits per heavy atom. The number of nitrogens with two attached hydrogens (primary N) is 1. The summed E-state index contributed by atoms with van der Waals surface area (Å²) in [4.78, 5) is 23.5. The van der Waals surface area contributed by atoms with Gasteiger partial charge in [0.2, 0.25) is 10.0 Å². The molecule has 1 amide bonds. The van der Waals surface area contributed by atoms with Crippen molar-refractivity contribution in [3.63, 3.8) is 0 Å². The van der Waals surface area contributed by atoms with Gasteiger partial charge in [-0.25, -0.2) is 13.6 Å².